The lowest BCUT2D eigenvalue weighted by molar-refractivity contribution is -0.121. The van der Waals surface area contributed by atoms with E-state index in [0.717, 1.165) is 11.1 Å². The van der Waals surface area contributed by atoms with Gasteiger partial charge in [-0.05, 0) is 43.8 Å². The van der Waals surface area contributed by atoms with E-state index >= 15 is 0 Å². The number of aromatic amines is 1. The average Bonchev–Trinajstić information content (AvgIpc) is 3.07. The molecule has 2 aromatic carbocycles. The predicted octanol–water partition coefficient (Wildman–Crippen LogP) is 4.33. The van der Waals surface area contributed by atoms with Gasteiger partial charge in [-0.2, -0.15) is 5.10 Å². The number of H-pyrrole nitrogens is 1. The normalized spacial score (nSPS) is 11.9. The van der Waals surface area contributed by atoms with E-state index in [4.69, 9.17) is 17.0 Å². The van der Waals surface area contributed by atoms with Crippen molar-refractivity contribution in [3.63, 3.8) is 0 Å². The van der Waals surface area contributed by atoms with Gasteiger partial charge in [-0.15, -0.1) is 0 Å². The van der Waals surface area contributed by atoms with Crippen LogP contribution >= 0.6 is 12.2 Å². The van der Waals surface area contributed by atoms with Crippen molar-refractivity contribution in [2.45, 2.75) is 32.9 Å². The molecule has 3 aromatic rings. The number of hydrogen-bond acceptors (Lipinski definition) is 4. The van der Waals surface area contributed by atoms with Crippen LogP contribution in [0.25, 0.3) is 11.4 Å². The summed E-state index contributed by atoms with van der Waals surface area (Å²) >= 11 is 5.31. The summed E-state index contributed by atoms with van der Waals surface area (Å²) in [5.74, 6) is 0.239. The molecule has 1 heterocycles. The zero-order valence-electron chi connectivity index (χ0n) is 16.5. The number of rotatable bonds is 7. The number of methoxy groups -OCH3 is 1. The molecule has 1 atom stereocenters. The summed E-state index contributed by atoms with van der Waals surface area (Å²) in [6, 6.07) is 12.2. The minimum Gasteiger partial charge on any atom is -0.494 e. The number of nitrogens with zero attached hydrogens (tertiary/aromatic N) is 2. The molecule has 2 N–H and O–H groups in total. The summed E-state index contributed by atoms with van der Waals surface area (Å²) in [6.07, 6.45) is 0.218. The SMILES string of the molecule is COc1ccc(C(C)NC(=O)CCn2c(-c3ccc(C)cc3)n[nH]c2=S)cc1F. The molecular formula is C21H23FN4O2S. The average molecular weight is 415 g/mol. The van der Waals surface area contributed by atoms with E-state index in [1.165, 1.54) is 13.2 Å². The molecular weight excluding hydrogens is 391 g/mol. The van der Waals surface area contributed by atoms with Gasteiger partial charge in [0, 0.05) is 18.5 Å². The van der Waals surface area contributed by atoms with Crippen LogP contribution in [0.5, 0.6) is 5.75 Å². The van der Waals surface area contributed by atoms with E-state index in [0.29, 0.717) is 22.7 Å². The highest BCUT2D eigenvalue weighted by molar-refractivity contribution is 7.71. The molecule has 0 aliphatic carbocycles. The second-order valence-corrected chi connectivity index (χ2v) is 7.19. The van der Waals surface area contributed by atoms with Crippen LogP contribution in [0, 0.1) is 17.5 Å². The van der Waals surface area contributed by atoms with Crippen LogP contribution in [-0.4, -0.2) is 27.8 Å². The standard InChI is InChI=1S/C21H23FN4O2S/c1-13-4-6-15(7-5-13)20-24-25-21(29)26(20)11-10-19(27)23-14(2)16-8-9-18(28-3)17(22)12-16/h4-9,12,14H,10-11H2,1-3H3,(H,23,27)(H,25,29). The first-order chi connectivity index (χ1) is 13.9. The lowest BCUT2D eigenvalue weighted by Gasteiger charge is -2.15. The highest BCUT2D eigenvalue weighted by atomic mass is 32.1. The number of halogens is 1. The van der Waals surface area contributed by atoms with Gasteiger partial charge in [0.1, 0.15) is 0 Å². The molecule has 1 unspecified atom stereocenters. The Morgan fingerprint density at radius 3 is 2.69 bits per heavy atom. The van der Waals surface area contributed by atoms with Gasteiger partial charge in [0.2, 0.25) is 5.91 Å². The van der Waals surface area contributed by atoms with Crippen molar-refractivity contribution in [1.82, 2.24) is 20.1 Å². The molecule has 0 spiro atoms. The third-order valence-electron chi connectivity index (χ3n) is 4.68. The van der Waals surface area contributed by atoms with Gasteiger partial charge in [-0.3, -0.25) is 14.5 Å². The topological polar surface area (TPSA) is 71.9 Å². The molecule has 0 saturated carbocycles. The number of ether oxygens (including phenoxy) is 1. The first kappa shape index (κ1) is 20.7. The molecule has 0 aliphatic heterocycles. The van der Waals surface area contributed by atoms with Gasteiger partial charge in [0.05, 0.1) is 13.2 Å². The van der Waals surface area contributed by atoms with Crippen molar-refractivity contribution in [2.24, 2.45) is 0 Å². The Hall–Kier alpha value is -3.00. The Labute approximate surface area is 173 Å². The largest absolute Gasteiger partial charge is 0.494 e. The summed E-state index contributed by atoms with van der Waals surface area (Å²) in [5, 5.41) is 9.96. The molecule has 0 bridgehead atoms. The second kappa shape index (κ2) is 9.00. The molecule has 3 rings (SSSR count). The summed E-state index contributed by atoms with van der Waals surface area (Å²) in [4.78, 5) is 12.4. The zero-order chi connectivity index (χ0) is 21.0. The smallest absolute Gasteiger partial charge is 0.222 e. The molecule has 0 aliphatic rings. The van der Waals surface area contributed by atoms with E-state index < -0.39 is 5.82 Å². The summed E-state index contributed by atoms with van der Waals surface area (Å²) in [5.41, 5.74) is 2.74. The molecule has 152 valence electrons. The Morgan fingerprint density at radius 2 is 2.03 bits per heavy atom. The fourth-order valence-electron chi connectivity index (χ4n) is 3.01. The number of carbonyl (C=O) groups excluding carboxylic acids is 1. The number of carbonyl (C=O) groups is 1. The van der Waals surface area contributed by atoms with E-state index in [9.17, 15) is 9.18 Å². The van der Waals surface area contributed by atoms with E-state index in [1.54, 1.807) is 23.6 Å². The van der Waals surface area contributed by atoms with Crippen molar-refractivity contribution >= 4 is 18.1 Å². The monoisotopic (exact) mass is 414 g/mol. The second-order valence-electron chi connectivity index (χ2n) is 6.80. The highest BCUT2D eigenvalue weighted by Gasteiger charge is 2.14. The maximum atomic E-state index is 13.9. The van der Waals surface area contributed by atoms with Gasteiger partial charge in [0.25, 0.3) is 0 Å². The zero-order valence-corrected chi connectivity index (χ0v) is 17.3. The van der Waals surface area contributed by atoms with Gasteiger partial charge in [-0.25, -0.2) is 4.39 Å². The third kappa shape index (κ3) is 4.89. The van der Waals surface area contributed by atoms with Crippen LogP contribution in [0.3, 0.4) is 0 Å². The number of amides is 1. The summed E-state index contributed by atoms with van der Waals surface area (Å²) in [6.45, 7) is 4.20. The Kier molecular flexibility index (Phi) is 6.43. The lowest BCUT2D eigenvalue weighted by atomic mass is 10.1. The van der Waals surface area contributed by atoms with Crippen LogP contribution in [0.15, 0.2) is 42.5 Å². The van der Waals surface area contributed by atoms with Gasteiger partial charge in [-0.1, -0.05) is 35.9 Å². The van der Waals surface area contributed by atoms with E-state index in [1.807, 2.05) is 31.2 Å². The van der Waals surface area contributed by atoms with Crippen molar-refractivity contribution in [3.05, 3.63) is 64.2 Å². The summed E-state index contributed by atoms with van der Waals surface area (Å²) in [7, 11) is 1.41. The fraction of sp³-hybridized carbons (Fsp3) is 0.286. The van der Waals surface area contributed by atoms with Crippen molar-refractivity contribution < 1.29 is 13.9 Å². The number of benzene rings is 2. The van der Waals surface area contributed by atoms with Crippen LogP contribution < -0.4 is 10.1 Å². The molecule has 0 fully saturated rings. The maximum absolute atomic E-state index is 13.9. The van der Waals surface area contributed by atoms with Gasteiger partial charge >= 0.3 is 0 Å². The van der Waals surface area contributed by atoms with Gasteiger partial charge < -0.3 is 10.1 Å². The number of aryl methyl sites for hydroxylation is 1. The molecule has 29 heavy (non-hydrogen) atoms. The summed E-state index contributed by atoms with van der Waals surface area (Å²) < 4.78 is 21.1. The lowest BCUT2D eigenvalue weighted by Crippen LogP contribution is -2.27. The maximum Gasteiger partial charge on any atom is 0.222 e. The molecule has 0 radical (unpaired) electrons. The van der Waals surface area contributed by atoms with Crippen LogP contribution in [0.2, 0.25) is 0 Å². The number of nitrogens with one attached hydrogen (secondary N) is 2. The molecule has 1 amide bonds. The Balaban J connectivity index is 1.65. The number of aromatic nitrogens is 3. The van der Waals surface area contributed by atoms with E-state index in [-0.39, 0.29) is 24.1 Å². The third-order valence-corrected chi connectivity index (χ3v) is 5.00. The van der Waals surface area contributed by atoms with Crippen molar-refractivity contribution in [1.29, 1.82) is 0 Å². The minimum atomic E-state index is -0.460. The Morgan fingerprint density at radius 1 is 1.31 bits per heavy atom. The minimum absolute atomic E-state index is 0.160. The van der Waals surface area contributed by atoms with Crippen LogP contribution in [0.4, 0.5) is 4.39 Å². The Bertz CT molecular complexity index is 1060. The quantitative estimate of drug-likeness (QED) is 0.565. The highest BCUT2D eigenvalue weighted by Crippen LogP contribution is 2.22. The molecule has 1 aromatic heterocycles. The van der Waals surface area contributed by atoms with Crippen LogP contribution in [0.1, 0.15) is 30.5 Å². The predicted molar refractivity (Wildman–Crippen MR) is 112 cm³/mol. The first-order valence-electron chi connectivity index (χ1n) is 9.24. The van der Waals surface area contributed by atoms with E-state index in [2.05, 4.69) is 15.5 Å². The molecule has 8 heteroatoms. The number of hydrogen-bond donors (Lipinski definition) is 2. The molecule has 6 nitrogen and oxygen atoms in total. The van der Waals surface area contributed by atoms with Crippen molar-refractivity contribution in [2.75, 3.05) is 7.11 Å². The first-order valence-corrected chi connectivity index (χ1v) is 9.65. The van der Waals surface area contributed by atoms with Gasteiger partial charge in [0.15, 0.2) is 22.2 Å². The van der Waals surface area contributed by atoms with Crippen LogP contribution in [-0.2, 0) is 11.3 Å². The van der Waals surface area contributed by atoms with Crippen molar-refractivity contribution in [3.8, 4) is 17.1 Å². The molecule has 0 saturated heterocycles. The fourth-order valence-corrected chi connectivity index (χ4v) is 3.23.